The average molecular weight is 141 g/mol. The molecule has 0 saturated carbocycles. The minimum Gasteiger partial charge on any atom is -0.456 e. The van der Waals surface area contributed by atoms with E-state index in [1.54, 1.807) is 13.0 Å². The van der Waals surface area contributed by atoms with Gasteiger partial charge in [0.1, 0.15) is 5.76 Å². The summed E-state index contributed by atoms with van der Waals surface area (Å²) in [4.78, 5) is 10.6. The summed E-state index contributed by atoms with van der Waals surface area (Å²) in [5, 5.41) is 8.14. The molecule has 0 spiro atoms. The highest BCUT2D eigenvalue weighted by molar-refractivity contribution is 5.90. The first-order chi connectivity index (χ1) is 4.74. The molecule has 0 aliphatic heterocycles. The molecule has 2 N–H and O–H groups in total. The molecular formula is C6H7NO3. The molecule has 0 fully saturated rings. The summed E-state index contributed by atoms with van der Waals surface area (Å²) in [6.45, 7) is 1.72. The predicted octanol–water partition coefficient (Wildman–Crippen LogP) is 0.707. The maximum atomic E-state index is 10.6. The summed E-state index contributed by atoms with van der Waals surface area (Å²) in [7, 11) is 0. The number of carbonyl (C=O) groups excluding carboxylic acids is 1. The highest BCUT2D eigenvalue weighted by atomic mass is 16.5. The van der Waals surface area contributed by atoms with Gasteiger partial charge in [0.05, 0.1) is 0 Å². The van der Waals surface area contributed by atoms with Gasteiger partial charge in [0.15, 0.2) is 5.76 Å². The van der Waals surface area contributed by atoms with Crippen LogP contribution in [0.1, 0.15) is 16.3 Å². The normalized spacial score (nSPS) is 9.40. The van der Waals surface area contributed by atoms with E-state index >= 15 is 0 Å². The summed E-state index contributed by atoms with van der Waals surface area (Å²) >= 11 is 0. The van der Waals surface area contributed by atoms with Crippen LogP contribution in [0.4, 0.5) is 0 Å². The highest BCUT2D eigenvalue weighted by Crippen LogP contribution is 2.04. The molecule has 1 aromatic rings. The number of aryl methyl sites for hydroxylation is 1. The number of nitrogens with one attached hydrogen (secondary N) is 1. The van der Waals surface area contributed by atoms with E-state index in [9.17, 15) is 4.79 Å². The van der Waals surface area contributed by atoms with Gasteiger partial charge in [0.25, 0.3) is 0 Å². The second-order valence-electron chi connectivity index (χ2n) is 1.85. The molecule has 0 aliphatic rings. The Labute approximate surface area is 57.4 Å². The summed E-state index contributed by atoms with van der Waals surface area (Å²) in [6.07, 6.45) is 0. The molecule has 10 heavy (non-hydrogen) atoms. The number of amides is 1. The summed E-state index contributed by atoms with van der Waals surface area (Å²) in [5.74, 6) is 0.117. The molecule has 4 nitrogen and oxygen atoms in total. The van der Waals surface area contributed by atoms with Crippen molar-refractivity contribution in [2.45, 2.75) is 6.92 Å². The van der Waals surface area contributed by atoms with E-state index in [0.29, 0.717) is 5.76 Å². The van der Waals surface area contributed by atoms with Gasteiger partial charge in [-0.2, -0.15) is 0 Å². The van der Waals surface area contributed by atoms with Gasteiger partial charge in [0, 0.05) is 0 Å². The van der Waals surface area contributed by atoms with Gasteiger partial charge in [-0.1, -0.05) is 0 Å². The molecule has 0 aromatic carbocycles. The summed E-state index contributed by atoms with van der Waals surface area (Å²) in [5.41, 5.74) is 1.46. The van der Waals surface area contributed by atoms with Crippen LogP contribution in [0.25, 0.3) is 0 Å². The van der Waals surface area contributed by atoms with Crippen molar-refractivity contribution in [3.63, 3.8) is 0 Å². The topological polar surface area (TPSA) is 62.5 Å². The first-order valence-corrected chi connectivity index (χ1v) is 2.75. The van der Waals surface area contributed by atoms with Gasteiger partial charge in [-0.3, -0.25) is 10.0 Å². The van der Waals surface area contributed by atoms with Crippen molar-refractivity contribution < 1.29 is 14.4 Å². The van der Waals surface area contributed by atoms with Gasteiger partial charge >= 0.3 is 5.91 Å². The van der Waals surface area contributed by atoms with Crippen LogP contribution < -0.4 is 5.48 Å². The van der Waals surface area contributed by atoms with Crippen LogP contribution in [0, 0.1) is 6.92 Å². The zero-order chi connectivity index (χ0) is 7.56. The molecule has 0 aliphatic carbocycles. The zero-order valence-electron chi connectivity index (χ0n) is 5.42. The van der Waals surface area contributed by atoms with Crippen LogP contribution in [0.3, 0.4) is 0 Å². The molecular weight excluding hydrogens is 134 g/mol. The maximum absolute atomic E-state index is 10.6. The van der Waals surface area contributed by atoms with Gasteiger partial charge in [-0.15, -0.1) is 0 Å². The number of furan rings is 1. The van der Waals surface area contributed by atoms with Crippen LogP contribution in [0.2, 0.25) is 0 Å². The number of carbonyl (C=O) groups is 1. The number of rotatable bonds is 1. The monoisotopic (exact) mass is 141 g/mol. The van der Waals surface area contributed by atoms with E-state index in [-0.39, 0.29) is 5.76 Å². The second-order valence-corrected chi connectivity index (χ2v) is 1.85. The van der Waals surface area contributed by atoms with Crippen LogP contribution in [-0.2, 0) is 0 Å². The van der Waals surface area contributed by atoms with E-state index in [4.69, 9.17) is 9.62 Å². The highest BCUT2D eigenvalue weighted by Gasteiger charge is 2.06. The van der Waals surface area contributed by atoms with Gasteiger partial charge < -0.3 is 4.42 Å². The first-order valence-electron chi connectivity index (χ1n) is 2.75. The van der Waals surface area contributed by atoms with E-state index in [0.717, 1.165) is 0 Å². The molecule has 1 rings (SSSR count). The van der Waals surface area contributed by atoms with Gasteiger partial charge in [-0.05, 0) is 19.1 Å². The van der Waals surface area contributed by atoms with Crippen molar-refractivity contribution in [1.82, 2.24) is 5.48 Å². The molecule has 0 radical (unpaired) electrons. The Hall–Kier alpha value is -1.29. The fourth-order valence-electron chi connectivity index (χ4n) is 0.612. The minimum absolute atomic E-state index is 0.111. The summed E-state index contributed by atoms with van der Waals surface area (Å²) < 4.78 is 4.86. The molecule has 4 heteroatoms. The molecule has 1 amide bonds. The fraction of sp³-hybridized carbons (Fsp3) is 0.167. The van der Waals surface area contributed by atoms with E-state index in [1.807, 2.05) is 0 Å². The largest absolute Gasteiger partial charge is 0.456 e. The lowest BCUT2D eigenvalue weighted by Crippen LogP contribution is -2.17. The number of hydrogen-bond donors (Lipinski definition) is 2. The smallest absolute Gasteiger partial charge is 0.310 e. The molecule has 0 unspecified atom stereocenters. The Balaban J connectivity index is 2.85. The SMILES string of the molecule is Cc1ccc(C(=O)NO)o1. The zero-order valence-corrected chi connectivity index (χ0v) is 5.42. The third-order valence-electron chi connectivity index (χ3n) is 1.07. The second kappa shape index (κ2) is 2.53. The Morgan fingerprint density at radius 1 is 1.70 bits per heavy atom. The van der Waals surface area contributed by atoms with Crippen molar-refractivity contribution in [1.29, 1.82) is 0 Å². The lowest BCUT2D eigenvalue weighted by Gasteiger charge is -1.90. The molecule has 1 heterocycles. The Kier molecular flexibility index (Phi) is 1.73. The lowest BCUT2D eigenvalue weighted by molar-refractivity contribution is 0.0675. The molecule has 54 valence electrons. The van der Waals surface area contributed by atoms with Crippen molar-refractivity contribution in [2.24, 2.45) is 0 Å². The van der Waals surface area contributed by atoms with Crippen LogP contribution in [-0.4, -0.2) is 11.1 Å². The molecule has 0 bridgehead atoms. The minimum atomic E-state index is -0.631. The third-order valence-corrected chi connectivity index (χ3v) is 1.07. The quantitative estimate of drug-likeness (QED) is 0.447. The van der Waals surface area contributed by atoms with Crippen LogP contribution in [0.15, 0.2) is 16.5 Å². The predicted molar refractivity (Wildman–Crippen MR) is 32.7 cm³/mol. The summed E-state index contributed by atoms with van der Waals surface area (Å²) in [6, 6.07) is 3.13. The molecule has 0 saturated heterocycles. The van der Waals surface area contributed by atoms with Gasteiger partial charge in [0.2, 0.25) is 0 Å². The van der Waals surface area contributed by atoms with Crippen molar-refractivity contribution in [3.8, 4) is 0 Å². The standard InChI is InChI=1S/C6H7NO3/c1-4-2-3-5(10-4)6(8)7-9/h2-3,9H,1H3,(H,7,8). The first kappa shape index (κ1) is 6.82. The van der Waals surface area contributed by atoms with Gasteiger partial charge in [-0.25, -0.2) is 5.48 Å². The van der Waals surface area contributed by atoms with E-state index in [1.165, 1.54) is 11.5 Å². The average Bonchev–Trinajstić information content (AvgIpc) is 2.34. The van der Waals surface area contributed by atoms with Crippen molar-refractivity contribution >= 4 is 5.91 Å². The van der Waals surface area contributed by atoms with Crippen molar-refractivity contribution in [3.05, 3.63) is 23.7 Å². The number of hydroxylamine groups is 1. The fourth-order valence-corrected chi connectivity index (χ4v) is 0.612. The van der Waals surface area contributed by atoms with Crippen LogP contribution >= 0.6 is 0 Å². The van der Waals surface area contributed by atoms with E-state index in [2.05, 4.69) is 0 Å². The van der Waals surface area contributed by atoms with Crippen LogP contribution in [0.5, 0.6) is 0 Å². The van der Waals surface area contributed by atoms with Crippen molar-refractivity contribution in [2.75, 3.05) is 0 Å². The maximum Gasteiger partial charge on any atom is 0.310 e. The number of hydrogen-bond acceptors (Lipinski definition) is 3. The Bertz CT molecular complexity index is 241. The lowest BCUT2D eigenvalue weighted by atomic mass is 10.4. The third kappa shape index (κ3) is 1.16. The Morgan fingerprint density at radius 2 is 2.40 bits per heavy atom. The molecule has 1 aromatic heterocycles. The van der Waals surface area contributed by atoms with E-state index < -0.39 is 5.91 Å². The Morgan fingerprint density at radius 3 is 2.80 bits per heavy atom. The molecule has 0 atom stereocenters.